The molecule has 1 saturated heterocycles. The van der Waals surface area contributed by atoms with Crippen LogP contribution in [0.25, 0.3) is 10.9 Å². The molecule has 2 aromatic heterocycles. The lowest BCUT2D eigenvalue weighted by Gasteiger charge is -2.34. The largest absolute Gasteiger partial charge is 0.461 e. The van der Waals surface area contributed by atoms with Crippen LogP contribution < -0.4 is 0 Å². The van der Waals surface area contributed by atoms with E-state index in [0.29, 0.717) is 44.0 Å². The van der Waals surface area contributed by atoms with Gasteiger partial charge in [-0.1, -0.05) is 18.2 Å². The van der Waals surface area contributed by atoms with Crippen LogP contribution in [-0.4, -0.2) is 59.2 Å². The second-order valence-corrected chi connectivity index (χ2v) is 6.22. The van der Waals surface area contributed by atoms with Gasteiger partial charge in [0, 0.05) is 43.3 Å². The summed E-state index contributed by atoms with van der Waals surface area (Å²) < 4.78 is 5.14. The monoisotopic (exact) mass is 337 g/mol. The van der Waals surface area contributed by atoms with Crippen molar-refractivity contribution in [3.8, 4) is 0 Å². The number of aromatic nitrogens is 1. The second-order valence-electron chi connectivity index (χ2n) is 6.22. The number of amides is 1. The molecule has 1 fully saturated rings. The van der Waals surface area contributed by atoms with Crippen molar-refractivity contribution in [1.82, 2.24) is 14.8 Å². The molecule has 4 rings (SSSR count). The van der Waals surface area contributed by atoms with Crippen molar-refractivity contribution in [3.05, 3.63) is 60.2 Å². The van der Waals surface area contributed by atoms with E-state index < -0.39 is 0 Å². The zero-order chi connectivity index (χ0) is 17.2. The molecule has 128 valence electrons. The van der Waals surface area contributed by atoms with E-state index in [0.717, 1.165) is 10.9 Å². The molecule has 0 saturated carbocycles. The molecule has 1 aromatic carbocycles. The predicted octanol–water partition coefficient (Wildman–Crippen LogP) is 2.40. The first-order valence-electron chi connectivity index (χ1n) is 8.37. The summed E-state index contributed by atoms with van der Waals surface area (Å²) in [6.45, 7) is 2.91. The summed E-state index contributed by atoms with van der Waals surface area (Å²) in [6.07, 6.45) is 3.28. The van der Waals surface area contributed by atoms with Gasteiger partial charge in [0.05, 0.1) is 18.4 Å². The second kappa shape index (κ2) is 6.57. The van der Waals surface area contributed by atoms with Crippen LogP contribution in [0.15, 0.2) is 53.3 Å². The number of para-hydroxylation sites is 1. The van der Waals surface area contributed by atoms with Crippen LogP contribution in [0.3, 0.4) is 0 Å². The van der Waals surface area contributed by atoms with Crippen molar-refractivity contribution in [1.29, 1.82) is 0 Å². The van der Waals surface area contributed by atoms with Crippen LogP contribution in [0.4, 0.5) is 0 Å². The highest BCUT2D eigenvalue weighted by Gasteiger charge is 2.25. The minimum atomic E-state index is -0.0265. The summed E-state index contributed by atoms with van der Waals surface area (Å²) in [5.74, 6) is 0.396. The Bertz CT molecular complexity index is 890. The number of carbonyl (C=O) groups excluding carboxylic acids is 2. The molecular weight excluding hydrogens is 318 g/mol. The maximum atomic E-state index is 12.8. The van der Waals surface area contributed by atoms with Crippen LogP contribution in [0.2, 0.25) is 0 Å². The first-order valence-corrected chi connectivity index (χ1v) is 8.37. The fourth-order valence-corrected chi connectivity index (χ4v) is 3.25. The normalized spacial score (nSPS) is 15.6. The Hall–Kier alpha value is -2.86. The highest BCUT2D eigenvalue weighted by Crippen LogP contribution is 2.20. The van der Waals surface area contributed by atoms with Crippen molar-refractivity contribution in [2.24, 2.45) is 0 Å². The standard InChI is InChI=1S/C19H19N3O3/c23-17(18-6-3-11-25-18)13-21-7-9-22(10-8-21)19(24)15-12-20-16-5-2-1-4-14(15)16/h1-6,11-12,20H,7-10,13H2. The SMILES string of the molecule is O=C(CN1CCN(C(=O)c2c[nH]c3ccccc23)CC1)c1ccco1. The van der Waals surface area contributed by atoms with Gasteiger partial charge >= 0.3 is 0 Å². The molecule has 3 heterocycles. The number of carbonyl (C=O) groups is 2. The number of nitrogens with zero attached hydrogens (tertiary/aromatic N) is 2. The zero-order valence-corrected chi connectivity index (χ0v) is 13.8. The molecule has 0 aliphatic carbocycles. The summed E-state index contributed by atoms with van der Waals surface area (Å²) in [5, 5.41) is 0.947. The molecule has 0 bridgehead atoms. The van der Waals surface area contributed by atoms with Gasteiger partial charge in [0.2, 0.25) is 5.78 Å². The van der Waals surface area contributed by atoms with Crippen LogP contribution in [0, 0.1) is 0 Å². The van der Waals surface area contributed by atoms with Crippen LogP contribution in [0.5, 0.6) is 0 Å². The molecule has 0 radical (unpaired) electrons. The number of furan rings is 1. The van der Waals surface area contributed by atoms with Gasteiger partial charge in [-0.25, -0.2) is 0 Å². The number of nitrogens with one attached hydrogen (secondary N) is 1. The Morgan fingerprint density at radius 2 is 1.84 bits per heavy atom. The molecule has 6 heteroatoms. The Morgan fingerprint density at radius 1 is 1.04 bits per heavy atom. The zero-order valence-electron chi connectivity index (χ0n) is 13.8. The number of Topliss-reactive ketones (excluding diaryl/α,β-unsaturated/α-hetero) is 1. The van der Waals surface area contributed by atoms with E-state index in [1.165, 1.54) is 6.26 Å². The highest BCUT2D eigenvalue weighted by atomic mass is 16.3. The Balaban J connectivity index is 1.38. The van der Waals surface area contributed by atoms with Gasteiger partial charge in [-0.3, -0.25) is 14.5 Å². The van der Waals surface area contributed by atoms with Gasteiger partial charge in [0.25, 0.3) is 5.91 Å². The summed E-state index contributed by atoms with van der Waals surface area (Å²) in [5.41, 5.74) is 1.67. The van der Waals surface area contributed by atoms with Gasteiger partial charge in [0.1, 0.15) is 0 Å². The maximum Gasteiger partial charge on any atom is 0.256 e. The minimum absolute atomic E-state index is 0.0265. The van der Waals surface area contributed by atoms with E-state index >= 15 is 0 Å². The van der Waals surface area contributed by atoms with E-state index in [2.05, 4.69) is 9.88 Å². The smallest absolute Gasteiger partial charge is 0.256 e. The van der Waals surface area contributed by atoms with E-state index in [9.17, 15) is 9.59 Å². The average Bonchev–Trinajstić information content (AvgIpc) is 3.32. The third-order valence-electron chi connectivity index (χ3n) is 4.64. The van der Waals surface area contributed by atoms with Crippen molar-refractivity contribution in [3.63, 3.8) is 0 Å². The third-order valence-corrected chi connectivity index (χ3v) is 4.64. The fourth-order valence-electron chi connectivity index (χ4n) is 3.25. The predicted molar refractivity (Wildman–Crippen MR) is 93.7 cm³/mol. The van der Waals surface area contributed by atoms with Gasteiger partial charge in [0.15, 0.2) is 5.76 Å². The molecule has 1 aliphatic rings. The number of benzene rings is 1. The van der Waals surface area contributed by atoms with E-state index in [1.807, 2.05) is 29.2 Å². The molecular formula is C19H19N3O3. The number of H-pyrrole nitrogens is 1. The van der Waals surface area contributed by atoms with Gasteiger partial charge in [-0.05, 0) is 18.2 Å². The lowest BCUT2D eigenvalue weighted by molar-refractivity contribution is 0.0622. The Labute approximate surface area is 145 Å². The van der Waals surface area contributed by atoms with Gasteiger partial charge in [-0.2, -0.15) is 0 Å². The number of fused-ring (bicyclic) bond motifs is 1. The lowest BCUT2D eigenvalue weighted by atomic mass is 10.1. The number of piperazine rings is 1. The number of hydrogen-bond donors (Lipinski definition) is 1. The Kier molecular flexibility index (Phi) is 4.11. The molecule has 0 unspecified atom stereocenters. The third kappa shape index (κ3) is 3.08. The first kappa shape index (κ1) is 15.7. The number of ketones is 1. The lowest BCUT2D eigenvalue weighted by Crippen LogP contribution is -2.49. The summed E-state index contributed by atoms with van der Waals surface area (Å²) in [4.78, 5) is 32.0. The maximum absolute atomic E-state index is 12.8. The minimum Gasteiger partial charge on any atom is -0.461 e. The summed E-state index contributed by atoms with van der Waals surface area (Å²) >= 11 is 0. The molecule has 6 nitrogen and oxygen atoms in total. The van der Waals surface area contributed by atoms with Crippen molar-refractivity contribution < 1.29 is 14.0 Å². The fraction of sp³-hybridized carbons (Fsp3) is 0.263. The number of rotatable bonds is 4. The van der Waals surface area contributed by atoms with Crippen LogP contribution >= 0.6 is 0 Å². The van der Waals surface area contributed by atoms with E-state index in [1.54, 1.807) is 18.3 Å². The van der Waals surface area contributed by atoms with E-state index in [4.69, 9.17) is 4.42 Å². The van der Waals surface area contributed by atoms with Gasteiger partial charge in [-0.15, -0.1) is 0 Å². The van der Waals surface area contributed by atoms with Crippen molar-refractivity contribution in [2.45, 2.75) is 0 Å². The summed E-state index contributed by atoms with van der Waals surface area (Å²) in [6, 6.07) is 11.2. The Morgan fingerprint density at radius 3 is 2.60 bits per heavy atom. The molecule has 0 spiro atoms. The number of hydrogen-bond acceptors (Lipinski definition) is 4. The molecule has 3 aromatic rings. The topological polar surface area (TPSA) is 69.6 Å². The average molecular weight is 337 g/mol. The molecule has 0 atom stereocenters. The number of aromatic amines is 1. The molecule has 25 heavy (non-hydrogen) atoms. The van der Waals surface area contributed by atoms with Crippen LogP contribution in [-0.2, 0) is 0 Å². The molecule has 1 amide bonds. The highest BCUT2D eigenvalue weighted by molar-refractivity contribution is 6.06. The first-order chi connectivity index (χ1) is 12.2. The van der Waals surface area contributed by atoms with Gasteiger partial charge < -0.3 is 14.3 Å². The van der Waals surface area contributed by atoms with Crippen molar-refractivity contribution >= 4 is 22.6 Å². The molecule has 1 N–H and O–H groups in total. The summed E-state index contributed by atoms with van der Waals surface area (Å²) in [7, 11) is 0. The quantitative estimate of drug-likeness (QED) is 0.742. The van der Waals surface area contributed by atoms with Crippen molar-refractivity contribution in [2.75, 3.05) is 32.7 Å². The van der Waals surface area contributed by atoms with Crippen LogP contribution in [0.1, 0.15) is 20.9 Å². The molecule has 1 aliphatic heterocycles. The van der Waals surface area contributed by atoms with E-state index in [-0.39, 0.29) is 11.7 Å².